The molecular formula is C22H23BrN2O3. The number of methoxy groups -OCH3 is 1. The Labute approximate surface area is 173 Å². The molecule has 1 aliphatic rings. The molecule has 0 saturated carbocycles. The smallest absolute Gasteiger partial charge is 0.271 e. The van der Waals surface area contributed by atoms with Crippen molar-refractivity contribution in [3.05, 3.63) is 71.4 Å². The molecule has 3 rings (SSSR count). The summed E-state index contributed by atoms with van der Waals surface area (Å²) in [5, 5.41) is 2.83. The second-order valence-corrected chi connectivity index (χ2v) is 7.38. The Hall–Kier alpha value is -2.60. The van der Waals surface area contributed by atoms with Crippen molar-refractivity contribution in [3.63, 3.8) is 0 Å². The lowest BCUT2D eigenvalue weighted by Gasteiger charge is -2.28. The fourth-order valence-corrected chi connectivity index (χ4v) is 3.65. The second kappa shape index (κ2) is 9.55. The first-order chi connectivity index (χ1) is 13.6. The van der Waals surface area contributed by atoms with E-state index >= 15 is 0 Å². The van der Waals surface area contributed by atoms with Gasteiger partial charge in [0.2, 0.25) is 0 Å². The Morgan fingerprint density at radius 1 is 0.929 bits per heavy atom. The number of hydrogen-bond acceptors (Lipinski definition) is 3. The molecule has 1 N–H and O–H groups in total. The minimum atomic E-state index is -0.313. The maximum atomic E-state index is 13.2. The lowest BCUT2D eigenvalue weighted by Crippen LogP contribution is -2.41. The molecule has 2 amide bonds. The van der Waals surface area contributed by atoms with Crippen molar-refractivity contribution < 1.29 is 14.3 Å². The molecule has 0 aliphatic carbocycles. The monoisotopic (exact) mass is 442 g/mol. The van der Waals surface area contributed by atoms with Gasteiger partial charge in [-0.1, -0.05) is 30.3 Å². The number of hydrogen-bond donors (Lipinski definition) is 1. The zero-order valence-electron chi connectivity index (χ0n) is 15.8. The first-order valence-electron chi connectivity index (χ1n) is 9.30. The van der Waals surface area contributed by atoms with Crippen LogP contribution in [0.5, 0.6) is 5.75 Å². The standard InChI is InChI=1S/C22H23BrN2O3/c1-28-18-12-10-16(11-13-18)19(23)20(22(27)25-14-6-3-7-15-25)24-21(26)17-8-4-2-5-9-17/h2,4-5,8-13H,3,6-7,14-15H2,1H3,(H,24,26). The molecule has 0 bridgehead atoms. The van der Waals surface area contributed by atoms with Crippen LogP contribution in [0.4, 0.5) is 0 Å². The summed E-state index contributed by atoms with van der Waals surface area (Å²) in [6.07, 6.45) is 3.08. The molecule has 0 unspecified atom stereocenters. The summed E-state index contributed by atoms with van der Waals surface area (Å²) in [7, 11) is 1.60. The molecule has 2 aromatic rings. The molecular weight excluding hydrogens is 420 g/mol. The van der Waals surface area contributed by atoms with Gasteiger partial charge >= 0.3 is 0 Å². The molecule has 1 fully saturated rings. The number of rotatable bonds is 5. The van der Waals surface area contributed by atoms with Crippen LogP contribution in [-0.4, -0.2) is 36.9 Å². The van der Waals surface area contributed by atoms with Gasteiger partial charge in [0.15, 0.2) is 0 Å². The summed E-state index contributed by atoms with van der Waals surface area (Å²) in [5.41, 5.74) is 1.54. The number of ether oxygens (including phenoxy) is 1. The quantitative estimate of drug-likeness (QED) is 0.705. The summed E-state index contributed by atoms with van der Waals surface area (Å²) in [6.45, 7) is 1.40. The summed E-state index contributed by atoms with van der Waals surface area (Å²) in [5.74, 6) is 0.236. The Morgan fingerprint density at radius 2 is 1.57 bits per heavy atom. The zero-order valence-corrected chi connectivity index (χ0v) is 17.4. The Bertz CT molecular complexity index is 857. The van der Waals surface area contributed by atoms with E-state index in [0.717, 1.165) is 30.6 Å². The molecule has 146 valence electrons. The predicted octanol–water partition coefficient (Wildman–Crippen LogP) is 4.20. The van der Waals surface area contributed by atoms with Crippen LogP contribution in [0.1, 0.15) is 35.2 Å². The number of amides is 2. The third-order valence-corrected chi connectivity index (χ3v) is 5.55. The average molecular weight is 443 g/mol. The van der Waals surface area contributed by atoms with Gasteiger partial charge in [-0.2, -0.15) is 0 Å². The van der Waals surface area contributed by atoms with E-state index in [1.807, 2.05) is 30.3 Å². The van der Waals surface area contributed by atoms with Crippen LogP contribution in [0, 0.1) is 0 Å². The molecule has 6 heteroatoms. The van der Waals surface area contributed by atoms with Gasteiger partial charge in [0.1, 0.15) is 11.4 Å². The van der Waals surface area contributed by atoms with Crippen molar-refractivity contribution >= 4 is 32.2 Å². The minimum absolute atomic E-state index is 0.174. The molecule has 28 heavy (non-hydrogen) atoms. The van der Waals surface area contributed by atoms with E-state index in [0.29, 0.717) is 23.1 Å². The largest absolute Gasteiger partial charge is 0.497 e. The number of carbonyl (C=O) groups is 2. The van der Waals surface area contributed by atoms with Crippen molar-refractivity contribution in [2.75, 3.05) is 20.2 Å². The van der Waals surface area contributed by atoms with Gasteiger partial charge in [0.05, 0.1) is 11.6 Å². The lowest BCUT2D eigenvalue weighted by atomic mass is 10.1. The first kappa shape index (κ1) is 20.1. The number of benzene rings is 2. The van der Waals surface area contributed by atoms with Crippen LogP contribution in [0.25, 0.3) is 4.48 Å². The molecule has 0 atom stereocenters. The molecule has 1 aliphatic heterocycles. The van der Waals surface area contributed by atoms with E-state index in [-0.39, 0.29) is 17.5 Å². The predicted molar refractivity (Wildman–Crippen MR) is 113 cm³/mol. The fraction of sp³-hybridized carbons (Fsp3) is 0.273. The SMILES string of the molecule is COc1ccc(C(Br)=C(NC(=O)c2ccccc2)C(=O)N2CCCCC2)cc1. The van der Waals surface area contributed by atoms with Crippen molar-refractivity contribution in [1.82, 2.24) is 10.2 Å². The number of carbonyl (C=O) groups excluding carboxylic acids is 2. The maximum Gasteiger partial charge on any atom is 0.271 e. The molecule has 2 aromatic carbocycles. The van der Waals surface area contributed by atoms with Crippen LogP contribution < -0.4 is 10.1 Å². The lowest BCUT2D eigenvalue weighted by molar-refractivity contribution is -0.128. The van der Waals surface area contributed by atoms with Crippen LogP contribution in [0.15, 0.2) is 60.3 Å². The Morgan fingerprint density at radius 3 is 2.18 bits per heavy atom. The van der Waals surface area contributed by atoms with Crippen molar-refractivity contribution in [2.24, 2.45) is 0 Å². The van der Waals surface area contributed by atoms with Crippen molar-refractivity contribution in [3.8, 4) is 5.75 Å². The summed E-state index contributed by atoms with van der Waals surface area (Å²) in [4.78, 5) is 27.7. The van der Waals surface area contributed by atoms with E-state index in [1.165, 1.54) is 0 Å². The molecule has 1 saturated heterocycles. The topological polar surface area (TPSA) is 58.6 Å². The van der Waals surface area contributed by atoms with Gasteiger partial charge in [0.25, 0.3) is 11.8 Å². The van der Waals surface area contributed by atoms with Crippen LogP contribution in [0.2, 0.25) is 0 Å². The number of halogens is 1. The second-order valence-electron chi connectivity index (χ2n) is 6.59. The van der Waals surface area contributed by atoms with Crippen LogP contribution in [-0.2, 0) is 4.79 Å². The van der Waals surface area contributed by atoms with Gasteiger partial charge in [-0.25, -0.2) is 0 Å². The molecule has 5 nitrogen and oxygen atoms in total. The average Bonchev–Trinajstić information content (AvgIpc) is 2.77. The van der Waals surface area contributed by atoms with Gasteiger partial charge in [0, 0.05) is 18.7 Å². The third-order valence-electron chi connectivity index (χ3n) is 4.69. The van der Waals surface area contributed by atoms with Gasteiger partial charge in [-0.05, 0) is 65.0 Å². The van der Waals surface area contributed by atoms with Crippen molar-refractivity contribution in [1.29, 1.82) is 0 Å². The molecule has 0 aromatic heterocycles. The number of piperidine rings is 1. The highest BCUT2D eigenvalue weighted by Gasteiger charge is 2.25. The molecule has 1 heterocycles. The highest BCUT2D eigenvalue weighted by Crippen LogP contribution is 2.28. The van der Waals surface area contributed by atoms with E-state index in [1.54, 1.807) is 36.3 Å². The molecule has 0 spiro atoms. The number of nitrogens with zero attached hydrogens (tertiary/aromatic N) is 1. The van der Waals surface area contributed by atoms with Gasteiger partial charge in [-0.15, -0.1) is 0 Å². The van der Waals surface area contributed by atoms with E-state index < -0.39 is 0 Å². The first-order valence-corrected chi connectivity index (χ1v) is 10.1. The normalized spacial score (nSPS) is 14.9. The van der Waals surface area contributed by atoms with Gasteiger partial charge in [-0.3, -0.25) is 9.59 Å². The minimum Gasteiger partial charge on any atom is -0.497 e. The van der Waals surface area contributed by atoms with Gasteiger partial charge < -0.3 is 15.0 Å². The van der Waals surface area contributed by atoms with E-state index in [4.69, 9.17) is 4.74 Å². The highest BCUT2D eigenvalue weighted by atomic mass is 79.9. The van der Waals surface area contributed by atoms with Crippen molar-refractivity contribution in [2.45, 2.75) is 19.3 Å². The fourth-order valence-electron chi connectivity index (χ4n) is 3.11. The Kier molecular flexibility index (Phi) is 6.87. The van der Waals surface area contributed by atoms with E-state index in [9.17, 15) is 9.59 Å². The Balaban J connectivity index is 1.94. The summed E-state index contributed by atoms with van der Waals surface area (Å²) in [6, 6.07) is 16.2. The maximum absolute atomic E-state index is 13.2. The number of likely N-dealkylation sites (tertiary alicyclic amines) is 1. The van der Waals surface area contributed by atoms with E-state index in [2.05, 4.69) is 21.2 Å². The third kappa shape index (κ3) is 4.81. The zero-order chi connectivity index (χ0) is 19.9. The highest BCUT2D eigenvalue weighted by molar-refractivity contribution is 9.15. The molecule has 0 radical (unpaired) electrons. The summed E-state index contributed by atoms with van der Waals surface area (Å²) >= 11 is 3.54. The van der Waals surface area contributed by atoms with Crippen LogP contribution >= 0.6 is 15.9 Å². The number of nitrogens with one attached hydrogen (secondary N) is 1. The summed E-state index contributed by atoms with van der Waals surface area (Å²) < 4.78 is 5.75. The van der Waals surface area contributed by atoms with Crippen LogP contribution in [0.3, 0.4) is 0 Å².